The Morgan fingerprint density at radius 1 is 1.71 bits per heavy atom. The van der Waals surface area contributed by atoms with Gasteiger partial charge in [-0.1, -0.05) is 12.2 Å². The summed E-state index contributed by atoms with van der Waals surface area (Å²) in [6.45, 7) is 1.78. The van der Waals surface area contributed by atoms with Crippen LogP contribution in [0.2, 0.25) is 0 Å². The van der Waals surface area contributed by atoms with Crippen LogP contribution in [0.5, 0.6) is 0 Å². The summed E-state index contributed by atoms with van der Waals surface area (Å²) in [6, 6.07) is 0. The molecular formula is C9H16N4S. The molecular weight excluding hydrogens is 196 g/mol. The minimum absolute atomic E-state index is 0.572. The largest absolute Gasteiger partial charge is 0.393 e. The Hall–Kier alpha value is -0.940. The zero-order chi connectivity index (χ0) is 10.6. The van der Waals surface area contributed by atoms with Crippen LogP contribution < -0.4 is 5.73 Å². The van der Waals surface area contributed by atoms with Crippen molar-refractivity contribution in [3.63, 3.8) is 0 Å². The van der Waals surface area contributed by atoms with Crippen molar-refractivity contribution in [3.8, 4) is 0 Å². The molecule has 1 rings (SSSR count). The van der Waals surface area contributed by atoms with E-state index in [4.69, 9.17) is 18.0 Å². The van der Waals surface area contributed by atoms with E-state index in [1.165, 1.54) is 5.56 Å². The molecule has 0 unspecified atom stereocenters. The summed E-state index contributed by atoms with van der Waals surface area (Å²) in [5, 5.41) is 4.10. The molecule has 1 aromatic rings. The lowest BCUT2D eigenvalue weighted by Crippen LogP contribution is -2.23. The normalized spacial score (nSPS) is 10.8. The molecule has 0 radical (unpaired) electrons. The van der Waals surface area contributed by atoms with Crippen LogP contribution in [0.3, 0.4) is 0 Å². The summed E-state index contributed by atoms with van der Waals surface area (Å²) in [4.78, 5) is 2.75. The Kier molecular flexibility index (Phi) is 4.03. The van der Waals surface area contributed by atoms with Crippen LogP contribution >= 0.6 is 12.2 Å². The van der Waals surface area contributed by atoms with Gasteiger partial charge in [-0.3, -0.25) is 4.68 Å². The molecule has 78 valence electrons. The van der Waals surface area contributed by atoms with E-state index in [1.54, 1.807) is 4.68 Å². The first-order valence-corrected chi connectivity index (χ1v) is 4.93. The van der Waals surface area contributed by atoms with Gasteiger partial charge in [0.2, 0.25) is 0 Å². The van der Waals surface area contributed by atoms with Crippen molar-refractivity contribution in [2.45, 2.75) is 13.0 Å². The van der Waals surface area contributed by atoms with E-state index in [1.807, 2.05) is 26.5 Å². The number of rotatable bonds is 5. The van der Waals surface area contributed by atoms with Gasteiger partial charge in [0.25, 0.3) is 0 Å². The van der Waals surface area contributed by atoms with E-state index in [0.29, 0.717) is 4.99 Å². The standard InChI is InChI=1S/C9H16N4S/c1-12(4-3-9(10)14)6-8-5-11-13(2)7-8/h5,7H,3-4,6H2,1-2H3,(H2,10,14). The molecule has 0 bridgehead atoms. The van der Waals surface area contributed by atoms with E-state index in [9.17, 15) is 0 Å². The van der Waals surface area contributed by atoms with Crippen LogP contribution in [-0.4, -0.2) is 33.3 Å². The van der Waals surface area contributed by atoms with E-state index in [0.717, 1.165) is 19.5 Å². The first-order chi connectivity index (χ1) is 6.58. The highest BCUT2D eigenvalue weighted by molar-refractivity contribution is 7.80. The quantitative estimate of drug-likeness (QED) is 0.723. The van der Waals surface area contributed by atoms with E-state index in [-0.39, 0.29) is 0 Å². The number of nitrogens with two attached hydrogens (primary N) is 1. The Balaban J connectivity index is 2.33. The van der Waals surface area contributed by atoms with Crippen molar-refractivity contribution >= 4 is 17.2 Å². The number of hydrogen-bond acceptors (Lipinski definition) is 3. The number of nitrogens with zero attached hydrogens (tertiary/aromatic N) is 3. The number of aromatic nitrogens is 2. The minimum atomic E-state index is 0.572. The van der Waals surface area contributed by atoms with Gasteiger partial charge in [-0.05, 0) is 7.05 Å². The first kappa shape index (κ1) is 11.1. The molecule has 0 aromatic carbocycles. The van der Waals surface area contributed by atoms with Crippen LogP contribution in [-0.2, 0) is 13.6 Å². The molecule has 1 heterocycles. The monoisotopic (exact) mass is 212 g/mol. The number of aryl methyl sites for hydroxylation is 1. The SMILES string of the molecule is CN(CCC(N)=S)Cc1cnn(C)c1. The van der Waals surface area contributed by atoms with Crippen molar-refractivity contribution < 1.29 is 0 Å². The summed E-state index contributed by atoms with van der Waals surface area (Å²) in [5.41, 5.74) is 6.63. The van der Waals surface area contributed by atoms with Gasteiger partial charge in [0.05, 0.1) is 11.2 Å². The van der Waals surface area contributed by atoms with Crippen molar-refractivity contribution in [2.24, 2.45) is 12.8 Å². The van der Waals surface area contributed by atoms with Crippen LogP contribution in [0.1, 0.15) is 12.0 Å². The second kappa shape index (κ2) is 5.07. The lowest BCUT2D eigenvalue weighted by Gasteiger charge is -2.14. The van der Waals surface area contributed by atoms with Crippen molar-refractivity contribution in [1.82, 2.24) is 14.7 Å². The molecule has 0 aliphatic rings. The van der Waals surface area contributed by atoms with Crippen LogP contribution in [0.4, 0.5) is 0 Å². The van der Waals surface area contributed by atoms with E-state index in [2.05, 4.69) is 10.00 Å². The summed E-state index contributed by atoms with van der Waals surface area (Å²) in [7, 11) is 3.96. The molecule has 0 fully saturated rings. The average Bonchev–Trinajstić information content (AvgIpc) is 2.48. The van der Waals surface area contributed by atoms with Gasteiger partial charge in [-0.25, -0.2) is 0 Å². The zero-order valence-electron chi connectivity index (χ0n) is 8.60. The molecule has 4 nitrogen and oxygen atoms in total. The van der Waals surface area contributed by atoms with Crippen molar-refractivity contribution in [3.05, 3.63) is 18.0 Å². The fraction of sp³-hybridized carbons (Fsp3) is 0.556. The Bertz CT molecular complexity index is 308. The lowest BCUT2D eigenvalue weighted by molar-refractivity contribution is 0.337. The van der Waals surface area contributed by atoms with Crippen molar-refractivity contribution in [1.29, 1.82) is 0 Å². The van der Waals surface area contributed by atoms with Gasteiger partial charge >= 0.3 is 0 Å². The topological polar surface area (TPSA) is 47.1 Å². The fourth-order valence-corrected chi connectivity index (χ4v) is 1.34. The minimum Gasteiger partial charge on any atom is -0.393 e. The Morgan fingerprint density at radius 2 is 2.43 bits per heavy atom. The molecule has 14 heavy (non-hydrogen) atoms. The van der Waals surface area contributed by atoms with Gasteiger partial charge in [0.15, 0.2) is 0 Å². The molecule has 1 aromatic heterocycles. The van der Waals surface area contributed by atoms with Gasteiger partial charge in [-0.15, -0.1) is 0 Å². The lowest BCUT2D eigenvalue weighted by atomic mass is 10.3. The molecule has 0 saturated carbocycles. The molecule has 0 spiro atoms. The third-order valence-corrected chi connectivity index (χ3v) is 2.15. The predicted molar refractivity (Wildman–Crippen MR) is 60.9 cm³/mol. The van der Waals surface area contributed by atoms with Crippen LogP contribution in [0.15, 0.2) is 12.4 Å². The average molecular weight is 212 g/mol. The molecule has 0 saturated heterocycles. The van der Waals surface area contributed by atoms with E-state index < -0.39 is 0 Å². The van der Waals surface area contributed by atoms with Crippen molar-refractivity contribution in [2.75, 3.05) is 13.6 Å². The van der Waals surface area contributed by atoms with Crippen LogP contribution in [0.25, 0.3) is 0 Å². The van der Waals surface area contributed by atoms with Crippen LogP contribution in [0, 0.1) is 0 Å². The summed E-state index contributed by atoms with van der Waals surface area (Å²) in [6.07, 6.45) is 4.65. The maximum absolute atomic E-state index is 5.43. The molecule has 0 amide bonds. The summed E-state index contributed by atoms with van der Waals surface area (Å²) >= 11 is 4.82. The van der Waals surface area contributed by atoms with Gasteiger partial charge in [0.1, 0.15) is 0 Å². The highest BCUT2D eigenvalue weighted by Crippen LogP contribution is 2.01. The zero-order valence-corrected chi connectivity index (χ0v) is 9.42. The summed E-state index contributed by atoms with van der Waals surface area (Å²) in [5.74, 6) is 0. The number of hydrogen-bond donors (Lipinski definition) is 1. The second-order valence-corrected chi connectivity index (χ2v) is 4.00. The Morgan fingerprint density at radius 3 is 2.93 bits per heavy atom. The van der Waals surface area contributed by atoms with Gasteiger partial charge in [-0.2, -0.15) is 5.10 Å². The Labute approximate surface area is 89.7 Å². The number of thiocarbonyl (C=S) groups is 1. The maximum atomic E-state index is 5.43. The second-order valence-electron chi connectivity index (χ2n) is 3.48. The highest BCUT2D eigenvalue weighted by atomic mass is 32.1. The predicted octanol–water partition coefficient (Wildman–Crippen LogP) is 0.528. The maximum Gasteiger partial charge on any atom is 0.0740 e. The first-order valence-electron chi connectivity index (χ1n) is 4.52. The molecule has 0 aliphatic heterocycles. The van der Waals surface area contributed by atoms with E-state index >= 15 is 0 Å². The third kappa shape index (κ3) is 3.85. The molecule has 0 atom stereocenters. The molecule has 0 aliphatic carbocycles. The van der Waals surface area contributed by atoms with Gasteiger partial charge in [0, 0.05) is 38.3 Å². The van der Waals surface area contributed by atoms with Gasteiger partial charge < -0.3 is 10.6 Å². The molecule has 5 heteroatoms. The molecule has 2 N–H and O–H groups in total. The smallest absolute Gasteiger partial charge is 0.0740 e. The summed E-state index contributed by atoms with van der Waals surface area (Å²) < 4.78 is 1.80. The fourth-order valence-electron chi connectivity index (χ4n) is 1.25. The highest BCUT2D eigenvalue weighted by Gasteiger charge is 2.02. The third-order valence-electron chi connectivity index (χ3n) is 1.95.